The zero-order valence-electron chi connectivity index (χ0n) is 14.4. The van der Waals surface area contributed by atoms with Crippen molar-refractivity contribution in [3.63, 3.8) is 0 Å². The zero-order valence-corrected chi connectivity index (χ0v) is 18.1. The first-order valence-corrected chi connectivity index (χ1v) is 9.11. The van der Waals surface area contributed by atoms with Gasteiger partial charge in [-0.1, -0.05) is 0 Å². The van der Waals surface area contributed by atoms with Crippen LogP contribution in [0.2, 0.25) is 0 Å². The molecule has 0 unspecified atom stereocenters. The van der Waals surface area contributed by atoms with Crippen LogP contribution in [0.3, 0.4) is 0 Å². The number of hydrogen-bond acceptors (Lipinski definition) is 8. The van der Waals surface area contributed by atoms with E-state index >= 15 is 0 Å². The van der Waals surface area contributed by atoms with Gasteiger partial charge in [-0.3, -0.25) is 0 Å². The van der Waals surface area contributed by atoms with Gasteiger partial charge in [0.1, 0.15) is 0 Å². The number of halogens is 2. The quantitative estimate of drug-likeness (QED) is 0.532. The number of hydrazine groups is 1. The number of carbonyl (C=O) groups excluding carboxylic acids is 1. The summed E-state index contributed by atoms with van der Waals surface area (Å²) >= 11 is 6.30. The first kappa shape index (κ1) is 19.1. The van der Waals surface area contributed by atoms with Crippen molar-refractivity contribution in [2.24, 2.45) is 7.05 Å². The van der Waals surface area contributed by atoms with Crippen LogP contribution in [0.4, 0.5) is 10.1 Å². The van der Waals surface area contributed by atoms with Gasteiger partial charge in [-0.15, -0.1) is 0 Å². The molecule has 0 saturated carbocycles. The normalized spacial score (nSPS) is 13.5. The molecule has 2 heterocycles. The van der Waals surface area contributed by atoms with E-state index in [9.17, 15) is 9.18 Å². The van der Waals surface area contributed by atoms with Crippen LogP contribution in [-0.2, 0) is 34.1 Å². The van der Waals surface area contributed by atoms with Crippen LogP contribution >= 0.6 is 11.6 Å². The third kappa shape index (κ3) is 4.04. The Morgan fingerprint density at radius 3 is 2.85 bits per heavy atom. The number of anilines is 1. The monoisotopic (exact) mass is 443 g/mol. The number of rotatable bonds is 5. The Hall–Kier alpha value is -2.65. The molecule has 137 valence electrons. The van der Waals surface area contributed by atoms with Gasteiger partial charge in [0.15, 0.2) is 0 Å². The molecule has 1 aliphatic rings. The molecule has 0 fully saturated rings. The maximum atomic E-state index is 14.3. The van der Waals surface area contributed by atoms with Gasteiger partial charge in [0.05, 0.1) is 0 Å². The number of aromatic nitrogens is 3. The number of hydrogen-bond donors (Lipinski definition) is 2. The van der Waals surface area contributed by atoms with Crippen molar-refractivity contribution in [2.45, 2.75) is 0 Å². The molecule has 0 saturated heterocycles. The second-order valence-electron chi connectivity index (χ2n) is 5.34. The fourth-order valence-corrected chi connectivity index (χ4v) is 2.87. The minimum absolute atomic E-state index is 0.134. The number of nitrogens with one attached hydrogen (secondary N) is 2. The number of methoxy groups -OCH3 is 1. The van der Waals surface area contributed by atoms with Crippen LogP contribution in [-0.4, -0.2) is 32.9 Å². The number of ether oxygens (including phenoxy) is 1. The predicted molar refractivity (Wildman–Crippen MR) is 89.7 cm³/mol. The van der Waals surface area contributed by atoms with Gasteiger partial charge in [0.2, 0.25) is 0 Å². The van der Waals surface area contributed by atoms with Crippen LogP contribution in [0.1, 0.15) is 0 Å². The SMILES string of the molecule is COc1c(NN2C=C(Cl)NC=C2C(=O)[O][Zn])cc(F)cc1-c1ncn(C)n1. The summed E-state index contributed by atoms with van der Waals surface area (Å²) in [6, 6.07) is 2.49. The van der Waals surface area contributed by atoms with Crippen LogP contribution < -0.4 is 15.5 Å². The van der Waals surface area contributed by atoms with Crippen LogP contribution in [0, 0.1) is 5.82 Å². The number of carbonyl (C=O) groups is 1. The molecule has 27 heavy (non-hydrogen) atoms. The molecule has 1 aliphatic heterocycles. The molecule has 1 aromatic heterocycles. The number of nitrogens with zero attached hydrogens (tertiary/aromatic N) is 4. The Balaban J connectivity index is 2.03. The molecule has 0 radical (unpaired) electrons. The van der Waals surface area contributed by atoms with Crippen molar-refractivity contribution in [3.05, 3.63) is 47.5 Å². The third-order valence-corrected chi connectivity index (χ3v) is 4.28. The molecule has 1 aromatic carbocycles. The Labute approximate surface area is 168 Å². The summed E-state index contributed by atoms with van der Waals surface area (Å²) < 4.78 is 26.1. The van der Waals surface area contributed by atoms with Gasteiger partial charge in [0, 0.05) is 0 Å². The summed E-state index contributed by atoms with van der Waals surface area (Å²) in [6.07, 6.45) is 4.28. The predicted octanol–water partition coefficient (Wildman–Crippen LogP) is 1.75. The van der Waals surface area contributed by atoms with E-state index in [4.69, 9.17) is 19.9 Å². The zero-order chi connectivity index (χ0) is 19.6. The van der Waals surface area contributed by atoms with Crippen LogP contribution in [0.25, 0.3) is 11.4 Å². The van der Waals surface area contributed by atoms with E-state index in [0.29, 0.717) is 35.8 Å². The molecule has 0 atom stereocenters. The van der Waals surface area contributed by atoms with Crippen molar-refractivity contribution < 1.29 is 36.1 Å². The van der Waals surface area contributed by atoms with Crippen molar-refractivity contribution in [1.29, 1.82) is 0 Å². The first-order valence-electron chi connectivity index (χ1n) is 7.52. The maximum absolute atomic E-state index is 14.3. The summed E-state index contributed by atoms with van der Waals surface area (Å²) in [6.45, 7) is 0. The summed E-state index contributed by atoms with van der Waals surface area (Å²) in [7, 11) is 3.14. The molecule has 2 N–H and O–H groups in total. The van der Waals surface area contributed by atoms with Gasteiger partial charge in [-0.05, 0) is 0 Å². The van der Waals surface area contributed by atoms with E-state index in [1.165, 1.54) is 47.7 Å². The average molecular weight is 445 g/mol. The fraction of sp³-hybridized carbons (Fsp3) is 0.133. The van der Waals surface area contributed by atoms with E-state index in [1.807, 2.05) is 0 Å². The van der Waals surface area contributed by atoms with Gasteiger partial charge >= 0.3 is 169 Å². The van der Waals surface area contributed by atoms with Gasteiger partial charge in [0.25, 0.3) is 0 Å². The Kier molecular flexibility index (Phi) is 5.62. The Bertz CT molecular complexity index is 948. The summed E-state index contributed by atoms with van der Waals surface area (Å²) in [4.78, 5) is 16.1. The van der Waals surface area contributed by atoms with Gasteiger partial charge in [-0.2, -0.15) is 0 Å². The second kappa shape index (κ2) is 7.93. The van der Waals surface area contributed by atoms with E-state index < -0.39 is 11.8 Å². The molecule has 0 amide bonds. The van der Waals surface area contributed by atoms with E-state index in [-0.39, 0.29) is 16.5 Å². The van der Waals surface area contributed by atoms with Crippen molar-refractivity contribution >= 4 is 23.3 Å². The second-order valence-corrected chi connectivity index (χ2v) is 6.35. The summed E-state index contributed by atoms with van der Waals surface area (Å²) in [5.41, 5.74) is 3.63. The van der Waals surface area contributed by atoms with Crippen LogP contribution in [0.5, 0.6) is 5.75 Å². The summed E-state index contributed by atoms with van der Waals surface area (Å²) in [5.74, 6) is -0.526. The molecule has 0 aliphatic carbocycles. The molecule has 2 aromatic rings. The topological polar surface area (TPSA) is 93.5 Å². The standard InChI is InChI=1S/C15H14ClFN6O3.Zn/c1-22-7-19-14(21-22)9-3-8(17)4-10(13(9)26-2)20-23-6-12(16)18-5-11(23)15(24)25;/h3-7,18,20H,1-2H3,(H,24,25);/q;+1/p-1. The molecular weight excluding hydrogens is 432 g/mol. The molecule has 9 nitrogen and oxygen atoms in total. The number of benzene rings is 1. The average Bonchev–Trinajstić information content (AvgIpc) is 3.07. The number of aryl methyl sites for hydroxylation is 1. The van der Waals surface area contributed by atoms with Gasteiger partial charge < -0.3 is 0 Å². The van der Waals surface area contributed by atoms with Crippen LogP contribution in [0.15, 0.2) is 41.7 Å². The fourth-order valence-electron chi connectivity index (χ4n) is 2.41. The van der Waals surface area contributed by atoms with Crippen molar-refractivity contribution in [3.8, 4) is 17.1 Å². The van der Waals surface area contributed by atoms with E-state index in [1.54, 1.807) is 7.05 Å². The van der Waals surface area contributed by atoms with E-state index in [2.05, 4.69) is 20.8 Å². The first-order chi connectivity index (χ1) is 12.9. The molecule has 0 bridgehead atoms. The third-order valence-electron chi connectivity index (χ3n) is 3.53. The molecule has 0 spiro atoms. The molecular formula is C15H13ClFN6O3Zn. The Morgan fingerprint density at radius 2 is 2.22 bits per heavy atom. The molecule has 12 heteroatoms. The van der Waals surface area contributed by atoms with E-state index in [0.717, 1.165) is 0 Å². The summed E-state index contributed by atoms with van der Waals surface area (Å²) in [5, 5.41) is 8.44. The minimum atomic E-state index is -0.572. The van der Waals surface area contributed by atoms with Crippen molar-refractivity contribution in [1.82, 2.24) is 25.1 Å². The molecule has 3 rings (SSSR count). The van der Waals surface area contributed by atoms with Crippen molar-refractivity contribution in [2.75, 3.05) is 12.5 Å². The van der Waals surface area contributed by atoms with Gasteiger partial charge in [-0.25, -0.2) is 0 Å². The Morgan fingerprint density at radius 1 is 1.44 bits per heavy atom.